The first-order valence-corrected chi connectivity index (χ1v) is 18.8. The van der Waals surface area contributed by atoms with Crippen molar-refractivity contribution in [2.75, 3.05) is 28.4 Å². The average molecular weight is 599 g/mol. The van der Waals surface area contributed by atoms with Crippen LogP contribution in [0.4, 0.5) is 0 Å². The van der Waals surface area contributed by atoms with Gasteiger partial charge in [-0.3, -0.25) is 0 Å². The lowest BCUT2D eigenvalue weighted by Gasteiger charge is -2.20. The van der Waals surface area contributed by atoms with Gasteiger partial charge in [0.2, 0.25) is 0 Å². The molecule has 254 valence electrons. The highest BCUT2D eigenvalue weighted by molar-refractivity contribution is 4.65. The van der Waals surface area contributed by atoms with Crippen LogP contribution in [0.25, 0.3) is 0 Å². The van der Waals surface area contributed by atoms with Crippen molar-refractivity contribution >= 4 is 0 Å². The fraction of sp³-hybridized carbons (Fsp3) is 1.00. The maximum absolute atomic E-state index is 5.48. The van der Waals surface area contributed by atoms with E-state index in [2.05, 4.69) is 13.8 Å². The van der Waals surface area contributed by atoms with E-state index < -0.39 is 0 Å². The molecule has 0 radical (unpaired) electrons. The Kier molecular flexibility index (Phi) is 33.6. The Bertz CT molecular complexity index is 447. The van der Waals surface area contributed by atoms with E-state index in [1.165, 1.54) is 167 Å². The second kappa shape index (κ2) is 33.7. The maximum Gasteiger partial charge on any atom is 0.156 e. The third kappa shape index (κ3) is 27.4. The molecule has 0 aliphatic carbocycles. The molecular weight excluding hydrogens is 520 g/mol. The number of unbranched alkanes of at least 4 members (excludes halogenated alkanes) is 17. The van der Waals surface area contributed by atoms with E-state index in [4.69, 9.17) is 18.9 Å². The van der Waals surface area contributed by atoms with Crippen LogP contribution in [-0.4, -0.2) is 41.0 Å². The fourth-order valence-electron chi connectivity index (χ4n) is 6.63. The van der Waals surface area contributed by atoms with E-state index in [1.807, 2.05) is 0 Å². The Balaban J connectivity index is 4.23. The molecule has 4 nitrogen and oxygen atoms in total. The van der Waals surface area contributed by atoms with E-state index in [0.29, 0.717) is 0 Å². The summed E-state index contributed by atoms with van der Waals surface area (Å²) in [5.74, 6) is 1.67. The van der Waals surface area contributed by atoms with Crippen molar-refractivity contribution < 1.29 is 18.9 Å². The van der Waals surface area contributed by atoms with Gasteiger partial charge >= 0.3 is 0 Å². The summed E-state index contributed by atoms with van der Waals surface area (Å²) < 4.78 is 21.9. The summed E-state index contributed by atoms with van der Waals surface area (Å²) in [5, 5.41) is 0. The van der Waals surface area contributed by atoms with Gasteiger partial charge in [0.25, 0.3) is 0 Å². The van der Waals surface area contributed by atoms with Gasteiger partial charge in [-0.05, 0) is 37.5 Å². The fourth-order valence-corrected chi connectivity index (χ4v) is 6.63. The SMILES string of the molecule is CCCCCCCCCC(CCCCCCCCC(CCCCCCCCC)CCC(OC)OC)CCC(OC)OC. The van der Waals surface area contributed by atoms with Crippen LogP contribution in [0.15, 0.2) is 0 Å². The third-order valence-electron chi connectivity index (χ3n) is 9.58. The first kappa shape index (κ1) is 41.8. The predicted molar refractivity (Wildman–Crippen MR) is 183 cm³/mol. The molecule has 0 aromatic heterocycles. The normalized spacial score (nSPS) is 13.4. The molecule has 0 fully saturated rings. The summed E-state index contributed by atoms with van der Waals surface area (Å²) in [4.78, 5) is 0. The summed E-state index contributed by atoms with van der Waals surface area (Å²) in [6.07, 6.45) is 38.1. The largest absolute Gasteiger partial charge is 0.356 e. The smallest absolute Gasteiger partial charge is 0.156 e. The van der Waals surface area contributed by atoms with Crippen LogP contribution in [-0.2, 0) is 18.9 Å². The minimum atomic E-state index is -0.0361. The minimum absolute atomic E-state index is 0.0361. The van der Waals surface area contributed by atoms with Gasteiger partial charge in [0.1, 0.15) is 0 Å². The lowest BCUT2D eigenvalue weighted by Crippen LogP contribution is -2.15. The molecule has 0 saturated carbocycles. The second-order valence-electron chi connectivity index (χ2n) is 13.2. The van der Waals surface area contributed by atoms with Crippen molar-refractivity contribution in [2.24, 2.45) is 11.8 Å². The molecule has 0 heterocycles. The predicted octanol–water partition coefficient (Wildman–Crippen LogP) is 12.4. The highest BCUT2D eigenvalue weighted by Crippen LogP contribution is 2.26. The molecule has 2 unspecified atom stereocenters. The molecule has 42 heavy (non-hydrogen) atoms. The summed E-state index contributed by atoms with van der Waals surface area (Å²) in [6.45, 7) is 4.60. The Morgan fingerprint density at radius 2 is 0.524 bits per heavy atom. The Morgan fingerprint density at radius 3 is 0.762 bits per heavy atom. The van der Waals surface area contributed by atoms with E-state index in [1.54, 1.807) is 28.4 Å². The Labute approximate surface area is 265 Å². The number of hydrogen-bond acceptors (Lipinski definition) is 4. The Morgan fingerprint density at radius 1 is 0.286 bits per heavy atom. The molecule has 0 bridgehead atoms. The van der Waals surface area contributed by atoms with Crippen LogP contribution < -0.4 is 0 Å². The van der Waals surface area contributed by atoms with Crippen LogP contribution in [0, 0.1) is 11.8 Å². The lowest BCUT2D eigenvalue weighted by molar-refractivity contribution is -0.109. The average Bonchev–Trinajstić information content (AvgIpc) is 3.01. The topological polar surface area (TPSA) is 36.9 Å². The quantitative estimate of drug-likeness (QED) is 0.0537. The van der Waals surface area contributed by atoms with Crippen molar-refractivity contribution in [3.8, 4) is 0 Å². The molecular formula is C38H78O4. The summed E-state index contributed by atoms with van der Waals surface area (Å²) in [6, 6.07) is 0. The van der Waals surface area contributed by atoms with Crippen molar-refractivity contribution in [2.45, 2.75) is 206 Å². The van der Waals surface area contributed by atoms with Crippen molar-refractivity contribution in [3.63, 3.8) is 0 Å². The van der Waals surface area contributed by atoms with Crippen molar-refractivity contribution in [1.29, 1.82) is 0 Å². The molecule has 0 N–H and O–H groups in total. The summed E-state index contributed by atoms with van der Waals surface area (Å²) in [7, 11) is 7.08. The molecule has 0 aromatic carbocycles. The van der Waals surface area contributed by atoms with Crippen LogP contribution in [0.2, 0.25) is 0 Å². The monoisotopic (exact) mass is 599 g/mol. The molecule has 0 aliphatic heterocycles. The Hall–Kier alpha value is -0.160. The summed E-state index contributed by atoms with van der Waals surface area (Å²) >= 11 is 0. The molecule has 0 spiro atoms. The maximum atomic E-state index is 5.48. The molecule has 0 saturated heterocycles. The van der Waals surface area contributed by atoms with Crippen LogP contribution in [0.3, 0.4) is 0 Å². The molecule has 0 rings (SSSR count). The summed E-state index contributed by atoms with van der Waals surface area (Å²) in [5.41, 5.74) is 0. The van der Waals surface area contributed by atoms with Gasteiger partial charge in [-0.1, -0.05) is 168 Å². The zero-order chi connectivity index (χ0) is 30.9. The molecule has 0 aliphatic rings. The van der Waals surface area contributed by atoms with Crippen molar-refractivity contribution in [1.82, 2.24) is 0 Å². The van der Waals surface area contributed by atoms with Gasteiger partial charge in [0, 0.05) is 28.4 Å². The van der Waals surface area contributed by atoms with Crippen LogP contribution in [0.1, 0.15) is 194 Å². The number of rotatable bonds is 35. The third-order valence-corrected chi connectivity index (χ3v) is 9.58. The van der Waals surface area contributed by atoms with Crippen LogP contribution in [0.5, 0.6) is 0 Å². The zero-order valence-corrected chi connectivity index (χ0v) is 29.7. The minimum Gasteiger partial charge on any atom is -0.356 e. The standard InChI is InChI=1S/C38H78O4/c1-7-9-11-13-15-19-23-27-35(31-33-37(39-3)40-4)29-25-21-17-18-22-26-30-36(32-34-38(41-5)42-6)28-24-20-16-14-12-10-8-2/h35-38H,7-34H2,1-6H3. The van der Waals surface area contributed by atoms with Gasteiger partial charge in [0.05, 0.1) is 0 Å². The zero-order valence-electron chi connectivity index (χ0n) is 29.7. The van der Waals surface area contributed by atoms with Crippen LogP contribution >= 0.6 is 0 Å². The number of hydrogen-bond donors (Lipinski definition) is 0. The molecule has 4 heteroatoms. The second-order valence-corrected chi connectivity index (χ2v) is 13.2. The van der Waals surface area contributed by atoms with E-state index in [0.717, 1.165) is 24.7 Å². The number of methoxy groups -OCH3 is 4. The van der Waals surface area contributed by atoms with E-state index >= 15 is 0 Å². The van der Waals surface area contributed by atoms with Gasteiger partial charge < -0.3 is 18.9 Å². The first-order chi connectivity index (χ1) is 20.6. The first-order valence-electron chi connectivity index (χ1n) is 18.8. The lowest BCUT2D eigenvalue weighted by atomic mass is 9.89. The highest BCUT2D eigenvalue weighted by Gasteiger charge is 2.14. The van der Waals surface area contributed by atoms with Crippen molar-refractivity contribution in [3.05, 3.63) is 0 Å². The van der Waals surface area contributed by atoms with E-state index in [-0.39, 0.29) is 12.6 Å². The van der Waals surface area contributed by atoms with Gasteiger partial charge in [-0.25, -0.2) is 0 Å². The molecule has 0 amide bonds. The van der Waals surface area contributed by atoms with E-state index in [9.17, 15) is 0 Å². The van der Waals surface area contributed by atoms with Gasteiger partial charge in [-0.2, -0.15) is 0 Å². The molecule has 0 aromatic rings. The number of ether oxygens (including phenoxy) is 4. The van der Waals surface area contributed by atoms with Gasteiger partial charge in [0.15, 0.2) is 12.6 Å². The highest BCUT2D eigenvalue weighted by atomic mass is 16.7. The molecule has 2 atom stereocenters. The van der Waals surface area contributed by atoms with Gasteiger partial charge in [-0.15, -0.1) is 0 Å².